The smallest absolute Gasteiger partial charge is 0.345 e. The topological polar surface area (TPSA) is 68.2 Å². The summed E-state index contributed by atoms with van der Waals surface area (Å²) in [6, 6.07) is 29.5. The van der Waals surface area contributed by atoms with Crippen LogP contribution < -0.4 is 5.32 Å². The fraction of sp³-hybridized carbons (Fsp3) is 0.176. The monoisotopic (exact) mass is 534 g/mol. The minimum Gasteiger partial charge on any atom is -0.345 e. The van der Waals surface area contributed by atoms with Crippen LogP contribution in [0.1, 0.15) is 51.3 Å². The highest BCUT2D eigenvalue weighted by Gasteiger charge is 2.18. The molecule has 0 bridgehead atoms. The first-order valence-electron chi connectivity index (χ1n) is 13.0. The lowest BCUT2D eigenvalue weighted by molar-refractivity contribution is -0.191. The number of rotatable bonds is 6. The van der Waals surface area contributed by atoms with Gasteiger partial charge in [-0.3, -0.25) is 4.79 Å². The van der Waals surface area contributed by atoms with Crippen LogP contribution in [-0.4, -0.2) is 16.6 Å². The van der Waals surface area contributed by atoms with Gasteiger partial charge in [-0.05, 0) is 79.8 Å². The average Bonchev–Trinajstić information content (AvgIpc) is 3.18. The molecule has 0 saturated heterocycles. The van der Waals surface area contributed by atoms with Gasteiger partial charge in [-0.25, -0.2) is 4.39 Å². The van der Waals surface area contributed by atoms with Crippen LogP contribution in [0.25, 0.3) is 22.0 Å². The molecule has 0 aliphatic carbocycles. The third kappa shape index (κ3) is 6.09. The number of hydrogen-bond donors (Lipinski definition) is 1. The molecule has 6 heteroatoms. The van der Waals surface area contributed by atoms with Gasteiger partial charge < -0.3 is 9.88 Å². The van der Waals surface area contributed by atoms with Crippen molar-refractivity contribution in [3.8, 4) is 11.1 Å². The first-order valence-corrected chi connectivity index (χ1v) is 13.0. The van der Waals surface area contributed by atoms with Crippen LogP contribution in [0.5, 0.6) is 0 Å². The Hall–Kier alpha value is -4.80. The highest BCUT2D eigenvalue weighted by atomic mass is 19.1. The second-order valence-electron chi connectivity index (χ2n) is 9.89. The zero-order valence-electron chi connectivity index (χ0n) is 23.0. The lowest BCUT2D eigenvalue weighted by Gasteiger charge is -2.16. The number of amides is 1. The number of halogens is 1. The van der Waals surface area contributed by atoms with Gasteiger partial charge in [-0.2, -0.15) is 9.59 Å². The van der Waals surface area contributed by atoms with Crippen molar-refractivity contribution in [3.05, 3.63) is 130 Å². The molecule has 1 heterocycles. The molecule has 1 N–H and O–H groups in total. The molecular formula is C34H31FN2O3. The summed E-state index contributed by atoms with van der Waals surface area (Å²) in [5, 5.41) is 4.01. The molecule has 0 fully saturated rings. The Kier molecular flexibility index (Phi) is 8.73. The Morgan fingerprint density at radius 1 is 0.875 bits per heavy atom. The number of fused-ring (bicyclic) bond motifs is 1. The van der Waals surface area contributed by atoms with E-state index >= 15 is 0 Å². The number of carbonyl (C=O) groups excluding carboxylic acids is 3. The summed E-state index contributed by atoms with van der Waals surface area (Å²) < 4.78 is 16.7. The van der Waals surface area contributed by atoms with Crippen LogP contribution in [0.15, 0.2) is 91.0 Å². The van der Waals surface area contributed by atoms with Crippen LogP contribution in [0.2, 0.25) is 0 Å². The minimum absolute atomic E-state index is 0.212. The zero-order chi connectivity index (χ0) is 28.8. The van der Waals surface area contributed by atoms with Crippen LogP contribution in [0, 0.1) is 26.6 Å². The first-order chi connectivity index (χ1) is 19.2. The molecule has 0 saturated carbocycles. The number of benzene rings is 4. The maximum atomic E-state index is 14.4. The SMILES string of the molecule is Cc1ccc([C@@H](C)NC(=O)c2ccc3c(c2)c(C)c(C)n3Cc2ccc(-c3ccccc3)cc2)c(F)c1.O=C=O. The maximum absolute atomic E-state index is 14.4. The fourth-order valence-electron chi connectivity index (χ4n) is 4.95. The average molecular weight is 535 g/mol. The molecule has 5 aromatic rings. The quantitative estimate of drug-likeness (QED) is 0.248. The Morgan fingerprint density at radius 2 is 1.52 bits per heavy atom. The molecule has 202 valence electrons. The van der Waals surface area contributed by atoms with Gasteiger partial charge in [0, 0.05) is 34.3 Å². The molecule has 0 unspecified atom stereocenters. The molecule has 0 spiro atoms. The highest BCUT2D eigenvalue weighted by molar-refractivity contribution is 5.99. The van der Waals surface area contributed by atoms with Gasteiger partial charge >= 0.3 is 6.15 Å². The molecule has 5 rings (SSSR count). The number of nitrogens with zero attached hydrogens (tertiary/aromatic N) is 1. The molecule has 0 aliphatic rings. The zero-order valence-corrected chi connectivity index (χ0v) is 23.0. The van der Waals surface area contributed by atoms with Crippen molar-refractivity contribution in [2.75, 3.05) is 0 Å². The second-order valence-corrected chi connectivity index (χ2v) is 9.89. The van der Waals surface area contributed by atoms with Gasteiger partial charge in [0.2, 0.25) is 0 Å². The van der Waals surface area contributed by atoms with E-state index in [-0.39, 0.29) is 17.9 Å². The summed E-state index contributed by atoms with van der Waals surface area (Å²) in [5.41, 5.74) is 8.95. The molecule has 1 atom stereocenters. The minimum atomic E-state index is -0.435. The lowest BCUT2D eigenvalue weighted by Crippen LogP contribution is -2.27. The molecule has 1 amide bonds. The van der Waals surface area contributed by atoms with E-state index in [1.807, 2.05) is 37.3 Å². The molecule has 0 radical (unpaired) electrons. The summed E-state index contributed by atoms with van der Waals surface area (Å²) in [6.45, 7) is 8.62. The summed E-state index contributed by atoms with van der Waals surface area (Å²) >= 11 is 0. The number of carbonyl (C=O) groups is 1. The predicted molar refractivity (Wildman–Crippen MR) is 154 cm³/mol. The second kappa shape index (κ2) is 12.4. The van der Waals surface area contributed by atoms with E-state index in [9.17, 15) is 9.18 Å². The van der Waals surface area contributed by atoms with Crippen LogP contribution in [0.4, 0.5) is 4.39 Å². The Morgan fingerprint density at radius 3 is 2.17 bits per heavy atom. The molecule has 40 heavy (non-hydrogen) atoms. The van der Waals surface area contributed by atoms with E-state index in [4.69, 9.17) is 9.59 Å². The van der Waals surface area contributed by atoms with Crippen LogP contribution in [-0.2, 0) is 16.1 Å². The normalized spacial score (nSPS) is 11.3. The molecule has 4 aromatic carbocycles. The molecule has 5 nitrogen and oxygen atoms in total. The molecule has 1 aromatic heterocycles. The van der Waals surface area contributed by atoms with Gasteiger partial charge in [0.15, 0.2) is 0 Å². The molecular weight excluding hydrogens is 503 g/mol. The van der Waals surface area contributed by atoms with E-state index in [0.717, 1.165) is 28.6 Å². The van der Waals surface area contributed by atoms with Gasteiger partial charge in [-0.15, -0.1) is 0 Å². The number of nitrogens with one attached hydrogen (secondary N) is 1. The summed E-state index contributed by atoms with van der Waals surface area (Å²) in [4.78, 5) is 29.3. The van der Waals surface area contributed by atoms with E-state index in [1.54, 1.807) is 13.0 Å². The number of aromatic nitrogens is 1. The van der Waals surface area contributed by atoms with E-state index in [2.05, 4.69) is 72.3 Å². The van der Waals surface area contributed by atoms with Crippen LogP contribution in [0.3, 0.4) is 0 Å². The lowest BCUT2D eigenvalue weighted by atomic mass is 10.0. The Balaban J connectivity index is 0.00000118. The highest BCUT2D eigenvalue weighted by Crippen LogP contribution is 2.28. The van der Waals surface area contributed by atoms with Gasteiger partial charge in [0.1, 0.15) is 5.82 Å². The number of aryl methyl sites for hydroxylation is 2. The van der Waals surface area contributed by atoms with E-state index in [1.165, 1.54) is 28.5 Å². The number of hydrogen-bond acceptors (Lipinski definition) is 3. The third-order valence-corrected chi connectivity index (χ3v) is 7.27. The summed E-state index contributed by atoms with van der Waals surface area (Å²) in [5.74, 6) is -0.515. The summed E-state index contributed by atoms with van der Waals surface area (Å²) in [7, 11) is 0. The van der Waals surface area contributed by atoms with Crippen molar-refractivity contribution < 1.29 is 18.8 Å². The third-order valence-electron chi connectivity index (χ3n) is 7.27. The molecule has 0 aliphatic heterocycles. The predicted octanol–water partition coefficient (Wildman–Crippen LogP) is 7.33. The van der Waals surface area contributed by atoms with Crippen molar-refractivity contribution >= 4 is 23.0 Å². The van der Waals surface area contributed by atoms with Crippen LogP contribution >= 0.6 is 0 Å². The van der Waals surface area contributed by atoms with Crippen molar-refractivity contribution in [2.24, 2.45) is 0 Å². The summed E-state index contributed by atoms with van der Waals surface area (Å²) in [6.07, 6.45) is 0.250. The van der Waals surface area contributed by atoms with Crippen molar-refractivity contribution in [1.82, 2.24) is 9.88 Å². The van der Waals surface area contributed by atoms with Crippen molar-refractivity contribution in [1.29, 1.82) is 0 Å². The van der Waals surface area contributed by atoms with Crippen molar-refractivity contribution in [2.45, 2.75) is 40.3 Å². The standard InChI is InChI=1S/C33H31FN2O.CO2/c1-21-10-16-29(31(34)18-21)23(3)35-33(37)28-15-17-32-30(19-28)22(2)24(4)36(32)20-25-11-13-27(14-12-25)26-8-6-5-7-9-26;2-1-3/h5-19,23H,20H2,1-4H3,(H,35,37);/t23-;/m1./s1. The van der Waals surface area contributed by atoms with E-state index < -0.39 is 6.04 Å². The largest absolute Gasteiger partial charge is 0.373 e. The Bertz CT molecular complexity index is 1680. The van der Waals surface area contributed by atoms with Gasteiger partial charge in [0.05, 0.1) is 6.04 Å². The maximum Gasteiger partial charge on any atom is 0.373 e. The van der Waals surface area contributed by atoms with Gasteiger partial charge in [-0.1, -0.05) is 66.7 Å². The van der Waals surface area contributed by atoms with Gasteiger partial charge in [0.25, 0.3) is 5.91 Å². The fourth-order valence-corrected chi connectivity index (χ4v) is 4.95. The van der Waals surface area contributed by atoms with Crippen molar-refractivity contribution in [3.63, 3.8) is 0 Å². The first kappa shape index (κ1) is 28.2. The van der Waals surface area contributed by atoms with E-state index in [0.29, 0.717) is 11.1 Å². The Labute approximate surface area is 233 Å².